The summed E-state index contributed by atoms with van der Waals surface area (Å²) in [5.41, 5.74) is 2.36. The molecule has 2 aliphatic carbocycles. The van der Waals surface area contributed by atoms with E-state index in [0.29, 0.717) is 28.3 Å². The summed E-state index contributed by atoms with van der Waals surface area (Å²) in [4.78, 5) is 24.5. The van der Waals surface area contributed by atoms with Gasteiger partial charge in [-0.15, -0.1) is 0 Å². The van der Waals surface area contributed by atoms with Gasteiger partial charge in [0.15, 0.2) is 0 Å². The second-order valence-electron chi connectivity index (χ2n) is 10.5. The Balaban J connectivity index is 0.000000301. The first kappa shape index (κ1) is 26.0. The molecular formula is C28H36FN5O2S. The van der Waals surface area contributed by atoms with Crippen LogP contribution in [0.1, 0.15) is 64.7 Å². The molecule has 0 unspecified atom stereocenters. The van der Waals surface area contributed by atoms with Crippen LogP contribution in [-0.2, 0) is 9.53 Å². The van der Waals surface area contributed by atoms with Crippen LogP contribution in [0.3, 0.4) is 0 Å². The average Bonchev–Trinajstić information content (AvgIpc) is 3.52. The number of anilines is 1. The van der Waals surface area contributed by atoms with E-state index >= 15 is 0 Å². The number of pyridine rings is 1. The standard InChI is InChI=1S/C23H27FN4O.C5H9NOS/c24-17-7-8-20-21(14-17)27-23(26-20)16-6-9-22(25-15-16)28-12-10-19(11-13-28)29-18-4-2-1-3-5-18;1-5(2-3-5)8-6-4-7/h6-9,14-15,18-19H,1-5,10-13H2,(H,26,27);4H,2-3H2,1H3,(H,6,7). The molecule has 0 bridgehead atoms. The molecule has 198 valence electrons. The number of rotatable bonds is 7. The zero-order valence-electron chi connectivity index (χ0n) is 21.4. The highest BCUT2D eigenvalue weighted by Crippen LogP contribution is 2.45. The number of aromatic amines is 1. The van der Waals surface area contributed by atoms with E-state index in [9.17, 15) is 9.18 Å². The lowest BCUT2D eigenvalue weighted by molar-refractivity contribution is -0.107. The number of fused-ring (bicyclic) bond motifs is 1. The van der Waals surface area contributed by atoms with Gasteiger partial charge in [0.1, 0.15) is 17.5 Å². The number of hydrogen-bond acceptors (Lipinski definition) is 6. The van der Waals surface area contributed by atoms with Crippen LogP contribution in [0.25, 0.3) is 22.4 Å². The molecule has 1 saturated heterocycles. The first-order valence-corrected chi connectivity index (χ1v) is 14.2. The zero-order chi connectivity index (χ0) is 25.7. The Hall–Kier alpha value is -2.65. The molecule has 3 fully saturated rings. The largest absolute Gasteiger partial charge is 0.375 e. The van der Waals surface area contributed by atoms with Crippen molar-refractivity contribution >= 4 is 35.2 Å². The minimum Gasteiger partial charge on any atom is -0.375 e. The first-order valence-electron chi connectivity index (χ1n) is 13.4. The van der Waals surface area contributed by atoms with Crippen molar-refractivity contribution in [2.24, 2.45) is 0 Å². The van der Waals surface area contributed by atoms with Gasteiger partial charge in [0.25, 0.3) is 0 Å². The van der Waals surface area contributed by atoms with Crippen molar-refractivity contribution in [1.29, 1.82) is 0 Å². The highest BCUT2D eigenvalue weighted by Gasteiger charge is 2.38. The summed E-state index contributed by atoms with van der Waals surface area (Å²) < 4.78 is 22.7. The Labute approximate surface area is 222 Å². The van der Waals surface area contributed by atoms with Gasteiger partial charge >= 0.3 is 0 Å². The van der Waals surface area contributed by atoms with Gasteiger partial charge in [-0.3, -0.25) is 4.79 Å². The molecule has 1 aromatic carbocycles. The van der Waals surface area contributed by atoms with Crippen molar-refractivity contribution in [2.75, 3.05) is 18.0 Å². The normalized spacial score (nSPS) is 19.8. The Morgan fingerprint density at radius 3 is 2.54 bits per heavy atom. The van der Waals surface area contributed by atoms with Crippen LogP contribution in [0.2, 0.25) is 0 Å². The lowest BCUT2D eigenvalue weighted by Gasteiger charge is -2.35. The molecule has 2 N–H and O–H groups in total. The first-order chi connectivity index (χ1) is 18.0. The third-order valence-corrected chi connectivity index (χ3v) is 8.59. The second-order valence-corrected chi connectivity index (χ2v) is 11.9. The fraction of sp³-hybridized carbons (Fsp3) is 0.536. The molecule has 0 atom stereocenters. The van der Waals surface area contributed by atoms with E-state index in [-0.39, 0.29) is 5.82 Å². The van der Waals surface area contributed by atoms with E-state index in [2.05, 4.69) is 31.5 Å². The Morgan fingerprint density at radius 1 is 1.11 bits per heavy atom. The number of H-pyrrole nitrogens is 1. The van der Waals surface area contributed by atoms with Crippen molar-refractivity contribution in [3.8, 4) is 11.4 Å². The Morgan fingerprint density at radius 2 is 1.86 bits per heavy atom. The number of imidazole rings is 1. The van der Waals surface area contributed by atoms with E-state index in [1.165, 1.54) is 69.0 Å². The zero-order valence-corrected chi connectivity index (χ0v) is 22.2. The van der Waals surface area contributed by atoms with Gasteiger partial charge < -0.3 is 19.3 Å². The Kier molecular flexibility index (Phi) is 8.30. The summed E-state index contributed by atoms with van der Waals surface area (Å²) in [7, 11) is 0. The lowest BCUT2D eigenvalue weighted by Crippen LogP contribution is -2.39. The topological polar surface area (TPSA) is 83.1 Å². The maximum absolute atomic E-state index is 13.4. The quantitative estimate of drug-likeness (QED) is 0.290. The summed E-state index contributed by atoms with van der Waals surface area (Å²) >= 11 is 1.53. The van der Waals surface area contributed by atoms with Gasteiger partial charge in [-0.05, 0) is 87.7 Å². The maximum Gasteiger partial charge on any atom is 0.216 e. The second kappa shape index (κ2) is 11.8. The van der Waals surface area contributed by atoms with Crippen LogP contribution in [0.15, 0.2) is 36.5 Å². The number of amides is 1. The summed E-state index contributed by atoms with van der Waals surface area (Å²) in [5.74, 6) is 1.44. The van der Waals surface area contributed by atoms with Crippen molar-refractivity contribution in [3.05, 3.63) is 42.3 Å². The number of nitrogens with one attached hydrogen (secondary N) is 2. The molecule has 3 aliphatic rings. The highest BCUT2D eigenvalue weighted by molar-refractivity contribution is 7.99. The smallest absolute Gasteiger partial charge is 0.216 e. The molecule has 0 spiro atoms. The number of hydrogen-bond donors (Lipinski definition) is 2. The molecule has 2 aromatic heterocycles. The molecule has 1 amide bonds. The third-order valence-electron chi connectivity index (χ3n) is 7.48. The van der Waals surface area contributed by atoms with Gasteiger partial charge in [0.05, 0.1) is 23.2 Å². The van der Waals surface area contributed by atoms with Crippen LogP contribution >= 0.6 is 11.9 Å². The van der Waals surface area contributed by atoms with E-state index in [1.807, 2.05) is 18.3 Å². The predicted octanol–water partition coefficient (Wildman–Crippen LogP) is 6.02. The molecule has 7 nitrogen and oxygen atoms in total. The van der Waals surface area contributed by atoms with Crippen molar-refractivity contribution in [3.63, 3.8) is 0 Å². The molecule has 37 heavy (non-hydrogen) atoms. The maximum atomic E-state index is 13.4. The number of ether oxygens (including phenoxy) is 1. The number of carbonyl (C=O) groups is 1. The lowest BCUT2D eigenvalue weighted by atomic mass is 9.97. The monoisotopic (exact) mass is 525 g/mol. The molecule has 2 saturated carbocycles. The van der Waals surface area contributed by atoms with Gasteiger partial charge in [-0.1, -0.05) is 19.3 Å². The molecule has 0 radical (unpaired) electrons. The molecule has 3 aromatic rings. The highest BCUT2D eigenvalue weighted by atomic mass is 32.2. The predicted molar refractivity (Wildman–Crippen MR) is 147 cm³/mol. The number of nitrogens with zero attached hydrogens (tertiary/aromatic N) is 3. The van der Waals surface area contributed by atoms with Crippen LogP contribution in [0.4, 0.5) is 10.2 Å². The minimum atomic E-state index is -0.267. The van der Waals surface area contributed by atoms with E-state index in [4.69, 9.17) is 4.74 Å². The number of aromatic nitrogens is 3. The third kappa shape index (κ3) is 7.02. The fourth-order valence-electron chi connectivity index (χ4n) is 4.97. The van der Waals surface area contributed by atoms with Crippen LogP contribution < -0.4 is 9.62 Å². The van der Waals surface area contributed by atoms with Gasteiger partial charge in [-0.2, -0.15) is 0 Å². The van der Waals surface area contributed by atoms with Gasteiger partial charge in [-0.25, -0.2) is 14.4 Å². The number of carbonyl (C=O) groups excluding carboxylic acids is 1. The number of benzene rings is 1. The van der Waals surface area contributed by atoms with Crippen LogP contribution in [-0.4, -0.2) is 51.4 Å². The van der Waals surface area contributed by atoms with Crippen molar-refractivity contribution < 1.29 is 13.9 Å². The van der Waals surface area contributed by atoms with Crippen molar-refractivity contribution in [2.45, 2.75) is 81.7 Å². The Bertz CT molecular complexity index is 1170. The van der Waals surface area contributed by atoms with E-state index in [0.717, 1.165) is 49.2 Å². The van der Waals surface area contributed by atoms with Crippen LogP contribution in [0.5, 0.6) is 0 Å². The molecule has 1 aliphatic heterocycles. The van der Waals surface area contributed by atoms with E-state index in [1.54, 1.807) is 6.07 Å². The SMILES string of the molecule is CC1(SNC=O)CC1.Fc1ccc2nc(-c3ccc(N4CCC(OC5CCCCC5)CC4)nc3)[nH]c2c1. The summed E-state index contributed by atoms with van der Waals surface area (Å²) in [6.45, 7) is 4.11. The number of halogens is 1. The van der Waals surface area contributed by atoms with Gasteiger partial charge in [0, 0.05) is 29.6 Å². The molecule has 3 heterocycles. The van der Waals surface area contributed by atoms with Crippen LogP contribution in [0, 0.1) is 5.82 Å². The molecule has 9 heteroatoms. The molecular weight excluding hydrogens is 489 g/mol. The summed E-state index contributed by atoms with van der Waals surface area (Å²) in [6.07, 6.45) is 14.5. The average molecular weight is 526 g/mol. The van der Waals surface area contributed by atoms with Crippen molar-refractivity contribution in [1.82, 2.24) is 19.7 Å². The van der Waals surface area contributed by atoms with E-state index < -0.39 is 0 Å². The molecule has 6 rings (SSSR count). The fourth-order valence-corrected chi connectivity index (χ4v) is 5.61. The van der Waals surface area contributed by atoms with Gasteiger partial charge in [0.2, 0.25) is 6.41 Å². The number of piperidine rings is 1. The summed E-state index contributed by atoms with van der Waals surface area (Å²) in [6, 6.07) is 8.65. The minimum absolute atomic E-state index is 0.267. The summed E-state index contributed by atoms with van der Waals surface area (Å²) in [5, 5.41) is 0.